The minimum Gasteiger partial charge on any atom is -0.480 e. The zero-order valence-corrected chi connectivity index (χ0v) is 13.3. The second kappa shape index (κ2) is 6.35. The lowest BCUT2D eigenvalue weighted by molar-refractivity contribution is -0.138. The largest absolute Gasteiger partial charge is 0.480 e. The molecule has 0 aromatic heterocycles. The number of fused-ring (bicyclic) bond motifs is 1. The Morgan fingerprint density at radius 1 is 1.36 bits per heavy atom. The van der Waals surface area contributed by atoms with Gasteiger partial charge in [0, 0.05) is 0 Å². The number of guanidine groups is 1. The van der Waals surface area contributed by atoms with Crippen LogP contribution in [-0.4, -0.2) is 31.5 Å². The van der Waals surface area contributed by atoms with Crippen molar-refractivity contribution in [3.05, 3.63) is 23.8 Å². The fourth-order valence-electron chi connectivity index (χ4n) is 2.18. The van der Waals surface area contributed by atoms with Crippen molar-refractivity contribution in [1.29, 1.82) is 0 Å². The fourth-order valence-corrected chi connectivity index (χ4v) is 3.36. The van der Waals surface area contributed by atoms with Crippen LogP contribution < -0.4 is 10.0 Å². The van der Waals surface area contributed by atoms with E-state index in [0.29, 0.717) is 18.5 Å². The van der Waals surface area contributed by atoms with Crippen molar-refractivity contribution in [2.24, 2.45) is 4.99 Å². The van der Waals surface area contributed by atoms with Gasteiger partial charge in [0.05, 0.1) is 5.69 Å². The molecule has 0 saturated heterocycles. The molecule has 1 unspecified atom stereocenters. The van der Waals surface area contributed by atoms with Gasteiger partial charge in [-0.25, -0.2) is 22.9 Å². The predicted octanol–water partition coefficient (Wildman–Crippen LogP) is 1.56. The first-order valence-corrected chi connectivity index (χ1v) is 8.59. The first kappa shape index (κ1) is 16.3. The Bertz CT molecular complexity index is 713. The molecule has 0 aliphatic carbocycles. The molecule has 1 atom stereocenters. The van der Waals surface area contributed by atoms with Gasteiger partial charge in [-0.05, 0) is 30.5 Å². The molecule has 3 N–H and O–H groups in total. The van der Waals surface area contributed by atoms with Crippen LogP contribution in [0.4, 0.5) is 5.69 Å². The first-order valence-electron chi connectivity index (χ1n) is 7.10. The maximum Gasteiger partial charge on any atom is 0.328 e. The zero-order chi connectivity index (χ0) is 16.3. The number of aliphatic carboxylic acids is 1. The molecule has 2 rings (SSSR count). The van der Waals surface area contributed by atoms with Gasteiger partial charge in [-0.15, -0.1) is 0 Å². The second-order valence-corrected chi connectivity index (χ2v) is 6.69. The van der Waals surface area contributed by atoms with E-state index in [2.05, 4.69) is 15.0 Å². The highest BCUT2D eigenvalue weighted by Crippen LogP contribution is 2.26. The van der Waals surface area contributed by atoms with Crippen LogP contribution in [0.5, 0.6) is 0 Å². The summed E-state index contributed by atoms with van der Waals surface area (Å²) in [6.45, 7) is 3.78. The Labute approximate surface area is 129 Å². The van der Waals surface area contributed by atoms with Gasteiger partial charge in [-0.2, -0.15) is 0 Å². The maximum absolute atomic E-state index is 12.3. The number of aryl methyl sites for hydroxylation is 1. The predicted molar refractivity (Wildman–Crippen MR) is 83.5 cm³/mol. The molecule has 22 heavy (non-hydrogen) atoms. The molecule has 8 heteroatoms. The fraction of sp³-hybridized carbons (Fsp3) is 0.429. The summed E-state index contributed by atoms with van der Waals surface area (Å²) in [5, 5.41) is 12.0. The molecule has 1 aliphatic rings. The molecule has 0 saturated carbocycles. The van der Waals surface area contributed by atoms with Crippen LogP contribution >= 0.6 is 0 Å². The third kappa shape index (κ3) is 3.38. The van der Waals surface area contributed by atoms with Gasteiger partial charge in [0.25, 0.3) is 10.0 Å². The van der Waals surface area contributed by atoms with E-state index in [4.69, 9.17) is 5.11 Å². The summed E-state index contributed by atoms with van der Waals surface area (Å²) >= 11 is 0. The number of rotatable bonds is 5. The number of nitrogens with one attached hydrogen (secondary N) is 2. The number of hydrogen-bond donors (Lipinski definition) is 3. The summed E-state index contributed by atoms with van der Waals surface area (Å²) in [5.74, 6) is -1.14. The van der Waals surface area contributed by atoms with Crippen LogP contribution in [0.15, 0.2) is 28.1 Å². The number of carboxylic acids is 1. The van der Waals surface area contributed by atoms with Crippen molar-refractivity contribution in [2.45, 2.75) is 44.0 Å². The highest BCUT2D eigenvalue weighted by molar-refractivity contribution is 7.90. The molecule has 1 heterocycles. The van der Waals surface area contributed by atoms with Crippen LogP contribution in [-0.2, 0) is 21.2 Å². The van der Waals surface area contributed by atoms with Crippen LogP contribution in [0.1, 0.15) is 32.3 Å². The number of anilines is 1. The summed E-state index contributed by atoms with van der Waals surface area (Å²) in [5.41, 5.74) is 1.30. The molecule has 0 amide bonds. The molecule has 0 fully saturated rings. The number of carbonyl (C=O) groups is 1. The van der Waals surface area contributed by atoms with Crippen LogP contribution in [0.3, 0.4) is 0 Å². The quantitative estimate of drug-likeness (QED) is 0.761. The Balaban J connectivity index is 2.39. The molecule has 120 valence electrons. The number of carboxylic acid groups (broad SMARTS) is 1. The molecular weight excluding hydrogens is 306 g/mol. The van der Waals surface area contributed by atoms with E-state index >= 15 is 0 Å². The third-order valence-corrected chi connectivity index (χ3v) is 4.74. The maximum atomic E-state index is 12.3. The zero-order valence-electron chi connectivity index (χ0n) is 12.5. The van der Waals surface area contributed by atoms with E-state index in [0.717, 1.165) is 12.0 Å². The minimum absolute atomic E-state index is 0.0578. The van der Waals surface area contributed by atoms with Gasteiger partial charge >= 0.3 is 5.97 Å². The van der Waals surface area contributed by atoms with Crippen molar-refractivity contribution in [1.82, 2.24) is 4.72 Å². The first-order chi connectivity index (χ1) is 10.4. The van der Waals surface area contributed by atoms with E-state index in [1.54, 1.807) is 12.1 Å². The third-order valence-electron chi connectivity index (χ3n) is 3.36. The van der Waals surface area contributed by atoms with Crippen LogP contribution in [0.2, 0.25) is 0 Å². The molecule has 7 nitrogen and oxygen atoms in total. The Hall–Kier alpha value is -2.09. The SMILES string of the molecule is CCCC(N=C1Nc2ccc(CC)cc2S(=O)(=O)N1)C(=O)O. The molecule has 0 spiro atoms. The molecule has 1 aliphatic heterocycles. The van der Waals surface area contributed by atoms with Gasteiger partial charge < -0.3 is 10.4 Å². The number of nitrogens with zero attached hydrogens (tertiary/aromatic N) is 1. The van der Waals surface area contributed by atoms with Gasteiger partial charge in [-0.3, -0.25) is 0 Å². The molecule has 0 bridgehead atoms. The van der Waals surface area contributed by atoms with Crippen molar-refractivity contribution in [2.75, 3.05) is 5.32 Å². The highest BCUT2D eigenvalue weighted by atomic mass is 32.2. The van der Waals surface area contributed by atoms with Crippen molar-refractivity contribution < 1.29 is 18.3 Å². The van der Waals surface area contributed by atoms with E-state index in [1.165, 1.54) is 0 Å². The van der Waals surface area contributed by atoms with Crippen molar-refractivity contribution in [3.8, 4) is 0 Å². The van der Waals surface area contributed by atoms with Gasteiger partial charge in [-0.1, -0.05) is 26.3 Å². The smallest absolute Gasteiger partial charge is 0.328 e. The van der Waals surface area contributed by atoms with Gasteiger partial charge in [0.1, 0.15) is 4.90 Å². The Morgan fingerprint density at radius 2 is 2.09 bits per heavy atom. The summed E-state index contributed by atoms with van der Waals surface area (Å²) in [7, 11) is -3.75. The lowest BCUT2D eigenvalue weighted by Crippen LogP contribution is -2.42. The number of hydrogen-bond acceptors (Lipinski definition) is 4. The number of benzene rings is 1. The molecular formula is C14H19N3O4S. The van der Waals surface area contributed by atoms with E-state index in [-0.39, 0.29) is 10.9 Å². The van der Waals surface area contributed by atoms with Gasteiger partial charge in [0.15, 0.2) is 6.04 Å². The lowest BCUT2D eigenvalue weighted by atomic mass is 10.1. The van der Waals surface area contributed by atoms with E-state index in [9.17, 15) is 13.2 Å². The minimum atomic E-state index is -3.75. The second-order valence-electron chi connectivity index (χ2n) is 5.03. The lowest BCUT2D eigenvalue weighted by Gasteiger charge is -2.23. The van der Waals surface area contributed by atoms with Crippen LogP contribution in [0, 0.1) is 0 Å². The normalized spacial score (nSPS) is 18.9. The highest BCUT2D eigenvalue weighted by Gasteiger charge is 2.28. The van der Waals surface area contributed by atoms with Crippen LogP contribution in [0.25, 0.3) is 0 Å². The number of aliphatic imine (C=N–C) groups is 1. The average molecular weight is 325 g/mol. The summed E-state index contributed by atoms with van der Waals surface area (Å²) in [4.78, 5) is 15.3. The summed E-state index contributed by atoms with van der Waals surface area (Å²) in [6.07, 6.45) is 1.70. The average Bonchev–Trinajstić information content (AvgIpc) is 2.45. The molecule has 0 radical (unpaired) electrons. The van der Waals surface area contributed by atoms with E-state index in [1.807, 2.05) is 19.9 Å². The molecule has 1 aromatic carbocycles. The van der Waals surface area contributed by atoms with E-state index < -0.39 is 22.0 Å². The monoisotopic (exact) mass is 325 g/mol. The summed E-state index contributed by atoms with van der Waals surface area (Å²) in [6, 6.07) is 4.11. The topological polar surface area (TPSA) is 108 Å². The Kier molecular flexibility index (Phi) is 4.70. The molecule has 1 aromatic rings. The Morgan fingerprint density at radius 3 is 2.68 bits per heavy atom. The van der Waals surface area contributed by atoms with Crippen molar-refractivity contribution >= 4 is 27.6 Å². The van der Waals surface area contributed by atoms with Crippen molar-refractivity contribution in [3.63, 3.8) is 0 Å². The standard InChI is InChI=1S/C14H19N3O4S/c1-3-5-11(13(18)19)16-14-15-10-7-6-9(4-2)8-12(10)22(20,21)17-14/h6-8,11H,3-5H2,1-2H3,(H,18,19)(H2,15,16,17). The number of sulfonamides is 1. The summed E-state index contributed by atoms with van der Waals surface area (Å²) < 4.78 is 26.9. The van der Waals surface area contributed by atoms with Gasteiger partial charge in [0.2, 0.25) is 5.96 Å².